The third-order valence-electron chi connectivity index (χ3n) is 12.1. The molecule has 2 aromatic carbocycles. The van der Waals surface area contributed by atoms with Gasteiger partial charge in [0.2, 0.25) is 0 Å². The minimum Gasteiger partial charge on any atom is -0.493 e. The summed E-state index contributed by atoms with van der Waals surface area (Å²) in [6.07, 6.45) is 4.78. The van der Waals surface area contributed by atoms with Crippen molar-refractivity contribution in [3.05, 3.63) is 47.5 Å². The molecular formula is C54H86N4O14. The molecule has 2 unspecified atom stereocenters. The number of piperidine rings is 2. The van der Waals surface area contributed by atoms with Gasteiger partial charge in [-0.3, -0.25) is 9.59 Å². The molecule has 0 radical (unpaired) electrons. The Morgan fingerprint density at radius 1 is 0.625 bits per heavy atom. The monoisotopic (exact) mass is 1010 g/mol. The van der Waals surface area contributed by atoms with Crippen molar-refractivity contribution in [3.63, 3.8) is 0 Å². The van der Waals surface area contributed by atoms with Crippen molar-refractivity contribution in [2.45, 2.75) is 168 Å². The Bertz CT molecular complexity index is 2020. The number of nitrogens with zero attached hydrogens (tertiary/aromatic N) is 4. The van der Waals surface area contributed by atoms with Crippen LogP contribution in [0.1, 0.15) is 141 Å². The average molecular weight is 1020 g/mol. The minimum absolute atomic E-state index is 0.0134. The second-order valence-corrected chi connectivity index (χ2v) is 20.7. The van der Waals surface area contributed by atoms with Gasteiger partial charge in [0.05, 0.1) is 39.5 Å². The normalized spacial score (nSPS) is 18.1. The SMILES string of the molecule is COCCCOc1cc(C(=O)N(C(C)C)C2CC[C@@H](CC=O)N(C(=O)OC(C)(C)C)C2)ccc1OC.COCCCOc1cc(C(=O)N(C(C)C)C2CC[C@@H](CCO)N(C(=O)OC(C)(C)C)C2)ccc1OC. The van der Waals surface area contributed by atoms with Gasteiger partial charge in [-0.1, -0.05) is 0 Å². The fourth-order valence-corrected chi connectivity index (χ4v) is 8.92. The van der Waals surface area contributed by atoms with Crippen molar-refractivity contribution in [2.75, 3.05) is 74.6 Å². The Hall–Kier alpha value is -5.33. The second-order valence-electron chi connectivity index (χ2n) is 20.7. The van der Waals surface area contributed by atoms with Gasteiger partial charge < -0.3 is 67.4 Å². The summed E-state index contributed by atoms with van der Waals surface area (Å²) in [5, 5.41) is 9.54. The highest BCUT2D eigenvalue weighted by Gasteiger charge is 2.40. The summed E-state index contributed by atoms with van der Waals surface area (Å²) < 4.78 is 44.0. The van der Waals surface area contributed by atoms with Gasteiger partial charge in [0, 0.05) is 102 Å². The van der Waals surface area contributed by atoms with Gasteiger partial charge in [-0.2, -0.15) is 0 Å². The third kappa shape index (κ3) is 18.6. The van der Waals surface area contributed by atoms with E-state index in [0.717, 1.165) is 12.7 Å². The number of aliphatic hydroxyl groups is 1. The molecule has 0 aromatic heterocycles. The molecule has 72 heavy (non-hydrogen) atoms. The molecule has 2 heterocycles. The summed E-state index contributed by atoms with van der Waals surface area (Å²) in [5.74, 6) is 1.81. The number of aliphatic hydroxyl groups excluding tert-OH is 1. The Balaban J connectivity index is 0.000000380. The zero-order valence-electron chi connectivity index (χ0n) is 45.7. The van der Waals surface area contributed by atoms with E-state index in [1.165, 1.54) is 0 Å². The van der Waals surface area contributed by atoms with Crippen molar-refractivity contribution in [1.82, 2.24) is 19.6 Å². The van der Waals surface area contributed by atoms with E-state index in [4.69, 9.17) is 37.9 Å². The van der Waals surface area contributed by atoms with E-state index in [1.54, 1.807) is 74.6 Å². The van der Waals surface area contributed by atoms with Crippen LogP contribution in [0.15, 0.2) is 36.4 Å². The van der Waals surface area contributed by atoms with Gasteiger partial charge in [0.1, 0.15) is 17.5 Å². The number of carbonyl (C=O) groups excluding carboxylic acids is 5. The molecule has 1 N–H and O–H groups in total. The lowest BCUT2D eigenvalue weighted by molar-refractivity contribution is -0.109. The number of hydrogen-bond acceptors (Lipinski definition) is 14. The molecule has 2 aliphatic heterocycles. The number of rotatable bonds is 22. The molecule has 18 nitrogen and oxygen atoms in total. The number of benzene rings is 2. The molecule has 4 rings (SSSR count). The van der Waals surface area contributed by atoms with E-state index in [9.17, 15) is 29.1 Å². The van der Waals surface area contributed by atoms with Crippen LogP contribution >= 0.6 is 0 Å². The van der Waals surface area contributed by atoms with Crippen molar-refractivity contribution in [1.29, 1.82) is 0 Å². The number of ether oxygens (including phenoxy) is 8. The summed E-state index contributed by atoms with van der Waals surface area (Å²) in [7, 11) is 6.40. The van der Waals surface area contributed by atoms with Crippen LogP contribution in [0.25, 0.3) is 0 Å². The molecular weight excluding hydrogens is 929 g/mol. The molecule has 4 atom stereocenters. The highest BCUT2D eigenvalue weighted by Crippen LogP contribution is 2.34. The van der Waals surface area contributed by atoms with Gasteiger partial charge in [0.25, 0.3) is 11.8 Å². The molecule has 0 saturated carbocycles. The van der Waals surface area contributed by atoms with Gasteiger partial charge in [-0.25, -0.2) is 9.59 Å². The average Bonchev–Trinajstić information content (AvgIpc) is 3.31. The summed E-state index contributed by atoms with van der Waals surface area (Å²) in [5.41, 5.74) is -0.325. The number of hydrogen-bond donors (Lipinski definition) is 1. The summed E-state index contributed by atoms with van der Waals surface area (Å²) >= 11 is 0. The summed E-state index contributed by atoms with van der Waals surface area (Å²) in [6, 6.07) is 9.36. The van der Waals surface area contributed by atoms with E-state index >= 15 is 0 Å². The fraction of sp³-hybridized carbons (Fsp3) is 0.685. The maximum Gasteiger partial charge on any atom is 0.410 e. The molecule has 2 aliphatic rings. The van der Waals surface area contributed by atoms with Crippen LogP contribution < -0.4 is 18.9 Å². The number of aldehydes is 1. The van der Waals surface area contributed by atoms with Crippen molar-refractivity contribution >= 4 is 30.3 Å². The third-order valence-corrected chi connectivity index (χ3v) is 12.1. The van der Waals surface area contributed by atoms with E-state index in [1.807, 2.05) is 79.0 Å². The Morgan fingerprint density at radius 2 is 1.03 bits per heavy atom. The topological polar surface area (TPSA) is 192 Å². The molecule has 0 aliphatic carbocycles. The van der Waals surface area contributed by atoms with Crippen molar-refractivity contribution < 1.29 is 67.0 Å². The predicted molar refractivity (Wildman–Crippen MR) is 274 cm³/mol. The largest absolute Gasteiger partial charge is 0.493 e. The van der Waals surface area contributed by atoms with Crippen LogP contribution in [0.2, 0.25) is 0 Å². The van der Waals surface area contributed by atoms with Gasteiger partial charge >= 0.3 is 12.2 Å². The molecule has 0 bridgehead atoms. The van der Waals surface area contributed by atoms with E-state index in [2.05, 4.69) is 0 Å². The van der Waals surface area contributed by atoms with Crippen LogP contribution in [-0.4, -0.2) is 177 Å². The molecule has 4 amide bonds. The molecule has 2 saturated heterocycles. The lowest BCUT2D eigenvalue weighted by Gasteiger charge is -2.45. The van der Waals surface area contributed by atoms with E-state index in [-0.39, 0.29) is 61.1 Å². The first-order valence-corrected chi connectivity index (χ1v) is 25.3. The standard InChI is InChI=1S/C27H44N2O7.C27H42N2O7/c2*1-19(2)29(22-11-10-21(13-14-30)28(18-22)26(32)36-27(3,4)5)25(31)20-9-12-23(34-7)24(17-20)35-16-8-15-33-6/h9,12,17,19,21-22,30H,8,10-11,13-16,18H2,1-7H3;9,12,14,17,19,21-22H,8,10-11,13,15-16,18H2,1-7H3/t2*21-,22?/m00/s1. The maximum absolute atomic E-state index is 13.8. The number of likely N-dealkylation sites (tertiary alicyclic amines) is 2. The Kier molecular flexibility index (Phi) is 24.9. The smallest absolute Gasteiger partial charge is 0.410 e. The van der Waals surface area contributed by atoms with E-state index < -0.39 is 23.4 Å². The van der Waals surface area contributed by atoms with Crippen LogP contribution in [0.3, 0.4) is 0 Å². The molecule has 2 aromatic rings. The van der Waals surface area contributed by atoms with Crippen molar-refractivity contribution in [2.24, 2.45) is 0 Å². The number of amides is 4. The Morgan fingerprint density at radius 3 is 1.38 bits per heavy atom. The first kappa shape index (κ1) is 61.0. The fourth-order valence-electron chi connectivity index (χ4n) is 8.92. The first-order chi connectivity index (χ1) is 34.0. The lowest BCUT2D eigenvalue weighted by Crippen LogP contribution is -2.57. The maximum atomic E-state index is 13.8. The first-order valence-electron chi connectivity index (χ1n) is 25.3. The van der Waals surface area contributed by atoms with Crippen LogP contribution in [0, 0.1) is 0 Å². The highest BCUT2D eigenvalue weighted by atomic mass is 16.6. The summed E-state index contributed by atoms with van der Waals surface area (Å²) in [4.78, 5) is 71.7. The van der Waals surface area contributed by atoms with Gasteiger partial charge in [-0.05, 0) is 138 Å². The van der Waals surface area contributed by atoms with Crippen molar-refractivity contribution in [3.8, 4) is 23.0 Å². The number of carbonyl (C=O) groups is 5. The Labute approximate surface area is 428 Å². The molecule has 0 spiro atoms. The van der Waals surface area contributed by atoms with Gasteiger partial charge in [-0.15, -0.1) is 0 Å². The molecule has 2 fully saturated rings. The zero-order chi connectivity index (χ0) is 53.8. The lowest BCUT2D eigenvalue weighted by atomic mass is 9.94. The predicted octanol–water partition coefficient (Wildman–Crippen LogP) is 8.43. The molecule has 406 valence electrons. The second kappa shape index (κ2) is 29.4. The summed E-state index contributed by atoms with van der Waals surface area (Å²) in [6.45, 7) is 21.4. The van der Waals surface area contributed by atoms with Gasteiger partial charge in [0.15, 0.2) is 23.0 Å². The minimum atomic E-state index is -0.661. The highest BCUT2D eigenvalue weighted by molar-refractivity contribution is 5.96. The van der Waals surface area contributed by atoms with Crippen LogP contribution in [-0.2, 0) is 23.7 Å². The van der Waals surface area contributed by atoms with Crippen LogP contribution in [0.4, 0.5) is 9.59 Å². The van der Waals surface area contributed by atoms with Crippen LogP contribution in [0.5, 0.6) is 23.0 Å². The number of methoxy groups -OCH3 is 4. The quantitative estimate of drug-likeness (QED) is 0.0873. The zero-order valence-corrected chi connectivity index (χ0v) is 45.7. The molecule has 18 heteroatoms. The van der Waals surface area contributed by atoms with E-state index in [0.29, 0.717) is 112 Å².